The number of carbonyl (C=O) groups is 1. The molecule has 1 atom stereocenters. The minimum atomic E-state index is -2.97. The molecule has 2 heterocycles. The maximum Gasteiger partial charge on any atom is 0.174 e. The molecule has 0 saturated carbocycles. The van der Waals surface area contributed by atoms with Gasteiger partial charge in [0.2, 0.25) is 0 Å². The average Bonchev–Trinajstić information content (AvgIpc) is 2.62. The molecule has 1 aromatic heterocycles. The van der Waals surface area contributed by atoms with Crippen molar-refractivity contribution in [2.45, 2.75) is 19.4 Å². The zero-order valence-electron chi connectivity index (χ0n) is 9.60. The Morgan fingerprint density at radius 2 is 2.35 bits per heavy atom. The van der Waals surface area contributed by atoms with E-state index in [0.29, 0.717) is 6.54 Å². The number of hydrogen-bond acceptors (Lipinski definition) is 5. The average molecular weight is 273 g/mol. The summed E-state index contributed by atoms with van der Waals surface area (Å²) in [7, 11) is -2.97. The van der Waals surface area contributed by atoms with Crippen molar-refractivity contribution < 1.29 is 13.2 Å². The molecule has 0 amide bonds. The quantitative estimate of drug-likeness (QED) is 0.835. The molecule has 1 aliphatic rings. The summed E-state index contributed by atoms with van der Waals surface area (Å²) < 4.78 is 22.9. The van der Waals surface area contributed by atoms with Gasteiger partial charge in [0.25, 0.3) is 0 Å². The third-order valence-electron chi connectivity index (χ3n) is 2.85. The molecule has 0 bridgehead atoms. The van der Waals surface area contributed by atoms with E-state index in [1.165, 1.54) is 11.3 Å². The van der Waals surface area contributed by atoms with Crippen LogP contribution >= 0.6 is 11.3 Å². The molecule has 2 rings (SSSR count). The van der Waals surface area contributed by atoms with E-state index in [9.17, 15) is 13.2 Å². The van der Waals surface area contributed by atoms with Crippen LogP contribution in [0.3, 0.4) is 0 Å². The highest BCUT2D eigenvalue weighted by molar-refractivity contribution is 7.91. The number of Topliss-reactive ketones (excluding diaryl/α,β-unsaturated/α-hetero) is 1. The summed E-state index contributed by atoms with van der Waals surface area (Å²) >= 11 is 1.42. The maximum atomic E-state index is 12.0. The number of nitrogens with one attached hydrogen (secondary N) is 1. The van der Waals surface area contributed by atoms with Crippen LogP contribution in [-0.4, -0.2) is 38.3 Å². The van der Waals surface area contributed by atoms with Crippen LogP contribution in [0.1, 0.15) is 21.7 Å². The molecule has 17 heavy (non-hydrogen) atoms. The lowest BCUT2D eigenvalue weighted by Gasteiger charge is -2.22. The van der Waals surface area contributed by atoms with Gasteiger partial charge in [-0.1, -0.05) is 0 Å². The molecule has 0 aliphatic carbocycles. The summed E-state index contributed by atoms with van der Waals surface area (Å²) in [5.74, 6) is 0.283. The van der Waals surface area contributed by atoms with Crippen LogP contribution in [0.15, 0.2) is 11.4 Å². The van der Waals surface area contributed by atoms with Crippen molar-refractivity contribution in [3.8, 4) is 0 Å². The lowest BCUT2D eigenvalue weighted by atomic mass is 10.1. The summed E-state index contributed by atoms with van der Waals surface area (Å²) in [5, 5.41) is 4.97. The van der Waals surface area contributed by atoms with Crippen LogP contribution in [0.5, 0.6) is 0 Å². The minimum Gasteiger partial charge on any atom is -0.312 e. The van der Waals surface area contributed by atoms with Crippen LogP contribution in [0.4, 0.5) is 0 Å². The van der Waals surface area contributed by atoms with Crippen molar-refractivity contribution in [3.63, 3.8) is 0 Å². The molecule has 1 aromatic rings. The number of hydrogen-bond donors (Lipinski definition) is 1. The van der Waals surface area contributed by atoms with Crippen molar-refractivity contribution >= 4 is 27.0 Å². The molecule has 1 unspecified atom stereocenters. The molecule has 0 aromatic carbocycles. The fourth-order valence-corrected chi connectivity index (χ4v) is 4.29. The second-order valence-corrected chi connectivity index (χ2v) is 7.47. The molecule has 1 N–H and O–H groups in total. The first-order valence-electron chi connectivity index (χ1n) is 5.49. The third-order valence-corrected chi connectivity index (χ3v) is 5.64. The largest absolute Gasteiger partial charge is 0.312 e. The molecular formula is C11H15NO3S2. The van der Waals surface area contributed by atoms with Crippen LogP contribution in [-0.2, 0) is 9.84 Å². The standard InChI is InChI=1S/C11H15NO3S2/c1-8-2-4-16-11(8)10(13)6-9-7-17(14,15)5-3-12-9/h2,4,9,12H,3,5-7H2,1H3. The SMILES string of the molecule is Cc1ccsc1C(=O)CC1CS(=O)(=O)CCN1. The summed E-state index contributed by atoms with van der Waals surface area (Å²) in [6.45, 7) is 2.35. The second-order valence-electron chi connectivity index (χ2n) is 4.33. The monoisotopic (exact) mass is 273 g/mol. The van der Waals surface area contributed by atoms with E-state index in [0.717, 1.165) is 10.4 Å². The van der Waals surface area contributed by atoms with Crippen LogP contribution in [0.2, 0.25) is 0 Å². The summed E-state index contributed by atoms with van der Waals surface area (Å²) in [6.07, 6.45) is 0.264. The highest BCUT2D eigenvalue weighted by Gasteiger charge is 2.26. The molecule has 1 aliphatic heterocycles. The Morgan fingerprint density at radius 3 is 2.94 bits per heavy atom. The number of carbonyl (C=O) groups excluding carboxylic acids is 1. The van der Waals surface area contributed by atoms with E-state index in [4.69, 9.17) is 0 Å². The van der Waals surface area contributed by atoms with E-state index < -0.39 is 9.84 Å². The topological polar surface area (TPSA) is 63.2 Å². The summed E-state index contributed by atoms with van der Waals surface area (Å²) in [6, 6.07) is 1.67. The Kier molecular flexibility index (Phi) is 3.65. The molecule has 1 fully saturated rings. The van der Waals surface area contributed by atoms with Gasteiger partial charge >= 0.3 is 0 Å². The van der Waals surface area contributed by atoms with E-state index in [1.807, 2.05) is 18.4 Å². The summed E-state index contributed by atoms with van der Waals surface area (Å²) in [4.78, 5) is 12.7. The Morgan fingerprint density at radius 1 is 1.59 bits per heavy atom. The van der Waals surface area contributed by atoms with Crippen LogP contribution < -0.4 is 5.32 Å². The van der Waals surface area contributed by atoms with E-state index in [-0.39, 0.29) is 29.8 Å². The van der Waals surface area contributed by atoms with Gasteiger partial charge in [-0.25, -0.2) is 8.42 Å². The molecular weight excluding hydrogens is 258 g/mol. The molecule has 4 nitrogen and oxygen atoms in total. The second kappa shape index (κ2) is 4.88. The Bertz CT molecular complexity index is 519. The third kappa shape index (κ3) is 3.14. The predicted molar refractivity (Wildman–Crippen MR) is 68.4 cm³/mol. The normalized spacial score (nSPS) is 23.5. The molecule has 94 valence electrons. The molecule has 6 heteroatoms. The Balaban J connectivity index is 2.02. The van der Waals surface area contributed by atoms with E-state index in [1.54, 1.807) is 0 Å². The smallest absolute Gasteiger partial charge is 0.174 e. The van der Waals surface area contributed by atoms with Crippen LogP contribution in [0.25, 0.3) is 0 Å². The predicted octanol–water partition coefficient (Wildman–Crippen LogP) is 1.02. The van der Waals surface area contributed by atoms with Crippen molar-refractivity contribution in [1.29, 1.82) is 0 Å². The van der Waals surface area contributed by atoms with Gasteiger partial charge in [-0.05, 0) is 23.9 Å². The highest BCUT2D eigenvalue weighted by atomic mass is 32.2. The first-order valence-corrected chi connectivity index (χ1v) is 8.19. The lowest BCUT2D eigenvalue weighted by Crippen LogP contribution is -2.45. The van der Waals surface area contributed by atoms with Gasteiger partial charge in [0.15, 0.2) is 15.6 Å². The van der Waals surface area contributed by atoms with E-state index >= 15 is 0 Å². The number of ketones is 1. The Labute approximate surface area is 105 Å². The fourth-order valence-electron chi connectivity index (χ4n) is 1.97. The number of aryl methyl sites for hydroxylation is 1. The molecule has 0 spiro atoms. The van der Waals surface area contributed by atoms with Gasteiger partial charge in [-0.3, -0.25) is 4.79 Å². The lowest BCUT2D eigenvalue weighted by molar-refractivity contribution is 0.0975. The fraction of sp³-hybridized carbons (Fsp3) is 0.545. The van der Waals surface area contributed by atoms with Crippen molar-refractivity contribution in [1.82, 2.24) is 5.32 Å². The van der Waals surface area contributed by atoms with Crippen molar-refractivity contribution in [2.24, 2.45) is 0 Å². The van der Waals surface area contributed by atoms with Gasteiger partial charge < -0.3 is 5.32 Å². The zero-order valence-corrected chi connectivity index (χ0v) is 11.2. The van der Waals surface area contributed by atoms with Gasteiger partial charge in [0.1, 0.15) is 0 Å². The number of sulfone groups is 1. The van der Waals surface area contributed by atoms with Crippen LogP contribution in [0, 0.1) is 6.92 Å². The molecule has 0 radical (unpaired) electrons. The summed E-state index contributed by atoms with van der Waals surface area (Å²) in [5.41, 5.74) is 0.971. The van der Waals surface area contributed by atoms with Gasteiger partial charge in [-0.2, -0.15) is 0 Å². The zero-order chi connectivity index (χ0) is 12.5. The first-order chi connectivity index (χ1) is 7.98. The maximum absolute atomic E-state index is 12.0. The molecule has 1 saturated heterocycles. The highest BCUT2D eigenvalue weighted by Crippen LogP contribution is 2.19. The van der Waals surface area contributed by atoms with Gasteiger partial charge in [-0.15, -0.1) is 11.3 Å². The van der Waals surface area contributed by atoms with Gasteiger partial charge in [0.05, 0.1) is 16.4 Å². The van der Waals surface area contributed by atoms with Crippen molar-refractivity contribution in [2.75, 3.05) is 18.1 Å². The first kappa shape index (κ1) is 12.7. The van der Waals surface area contributed by atoms with E-state index in [2.05, 4.69) is 5.32 Å². The van der Waals surface area contributed by atoms with Crippen molar-refractivity contribution in [3.05, 3.63) is 21.9 Å². The number of rotatable bonds is 3. The van der Waals surface area contributed by atoms with Gasteiger partial charge in [0, 0.05) is 19.0 Å². The number of thiophene rings is 1. The minimum absolute atomic E-state index is 0.0344. The Hall–Kier alpha value is -0.720.